The second-order valence-electron chi connectivity index (χ2n) is 16.8. The summed E-state index contributed by atoms with van der Waals surface area (Å²) in [5.41, 5.74) is 19.4. The van der Waals surface area contributed by atoms with E-state index in [9.17, 15) is 0 Å². The van der Waals surface area contributed by atoms with E-state index >= 15 is 0 Å². The molecule has 0 spiro atoms. The third-order valence-corrected chi connectivity index (χ3v) is 13.3. The van der Waals surface area contributed by atoms with Crippen molar-refractivity contribution >= 4 is 39.0 Å². The minimum atomic E-state index is -0.591. The normalized spacial score (nSPS) is 14.1. The van der Waals surface area contributed by atoms with Crippen molar-refractivity contribution in [1.29, 1.82) is 0 Å². The Morgan fingerprint density at radius 2 is 0.950 bits per heavy atom. The molecule has 0 radical (unpaired) electrons. The van der Waals surface area contributed by atoms with Crippen LogP contribution in [0.5, 0.6) is 0 Å². The molecule has 9 aromatic carbocycles. The molecule has 0 bridgehead atoms. The lowest BCUT2D eigenvalue weighted by Gasteiger charge is -2.33. The number of hydrogen-bond donors (Lipinski definition) is 0. The van der Waals surface area contributed by atoms with Crippen molar-refractivity contribution in [2.24, 2.45) is 0 Å². The SMILES string of the molecule is CC1(C)c2ccccc2-c2ccc(N(c3cccc(-c4ccccc4)c3)c3cccc4oc5c(C6(c7ccccc7)c7ccccc7-c7ccccc76)cccc5c34)cc21. The molecule has 1 heterocycles. The lowest BCUT2D eigenvalue weighted by atomic mass is 9.67. The maximum absolute atomic E-state index is 7.25. The predicted molar refractivity (Wildman–Crippen MR) is 249 cm³/mol. The van der Waals surface area contributed by atoms with Crippen LogP contribution in [-0.2, 0) is 10.8 Å². The summed E-state index contributed by atoms with van der Waals surface area (Å²) in [5.74, 6) is 0. The van der Waals surface area contributed by atoms with Gasteiger partial charge in [0.05, 0.1) is 16.5 Å². The zero-order chi connectivity index (χ0) is 40.0. The number of hydrogen-bond acceptors (Lipinski definition) is 2. The molecule has 0 atom stereocenters. The standard InChI is InChI=1S/C58H41NO/c1-57(2)48-28-12-9-24-43(48)46-35-34-42(37-52(46)57)59(41-23-15-20-39(36-41)38-18-5-3-6-19-38)53-32-17-33-54-55(53)47-27-16-31-51(56(47)60-54)58(40-21-7-4-8-22-40)49-29-13-10-25-44(49)45-26-11-14-30-50(45)58/h3-37H,1-2H3. The molecule has 0 N–H and O–H groups in total. The van der Waals surface area contributed by atoms with Crippen molar-refractivity contribution in [2.45, 2.75) is 24.7 Å². The Morgan fingerprint density at radius 3 is 1.68 bits per heavy atom. The molecule has 2 aliphatic rings. The second-order valence-corrected chi connectivity index (χ2v) is 16.8. The number of fused-ring (bicyclic) bond motifs is 9. The van der Waals surface area contributed by atoms with Crippen LogP contribution in [0.2, 0.25) is 0 Å². The van der Waals surface area contributed by atoms with Gasteiger partial charge in [-0.1, -0.05) is 190 Å². The molecular formula is C58H41NO. The lowest BCUT2D eigenvalue weighted by molar-refractivity contribution is 0.648. The van der Waals surface area contributed by atoms with Gasteiger partial charge in [0.15, 0.2) is 0 Å². The molecule has 284 valence electrons. The molecule has 10 aromatic rings. The van der Waals surface area contributed by atoms with E-state index in [-0.39, 0.29) is 5.41 Å². The Bertz CT molecular complexity index is 3250. The van der Waals surface area contributed by atoms with E-state index in [1.165, 1.54) is 61.2 Å². The van der Waals surface area contributed by atoms with E-state index < -0.39 is 5.41 Å². The molecule has 2 heteroatoms. The van der Waals surface area contributed by atoms with E-state index in [2.05, 4.69) is 231 Å². The number of anilines is 3. The third kappa shape index (κ3) is 4.82. The van der Waals surface area contributed by atoms with Gasteiger partial charge in [-0.2, -0.15) is 0 Å². The van der Waals surface area contributed by atoms with Crippen LogP contribution < -0.4 is 4.90 Å². The maximum atomic E-state index is 7.25. The summed E-state index contributed by atoms with van der Waals surface area (Å²) < 4.78 is 7.25. The van der Waals surface area contributed by atoms with Crippen molar-refractivity contribution < 1.29 is 4.42 Å². The average Bonchev–Trinajstić information content (AvgIpc) is 3.92. The summed E-state index contributed by atoms with van der Waals surface area (Å²) in [7, 11) is 0. The van der Waals surface area contributed by atoms with Crippen LogP contribution in [0.3, 0.4) is 0 Å². The van der Waals surface area contributed by atoms with Crippen molar-refractivity contribution in [1.82, 2.24) is 0 Å². The van der Waals surface area contributed by atoms with Crippen LogP contribution in [-0.4, -0.2) is 0 Å². The highest BCUT2D eigenvalue weighted by atomic mass is 16.3. The first kappa shape index (κ1) is 34.6. The molecule has 0 fully saturated rings. The highest BCUT2D eigenvalue weighted by Gasteiger charge is 2.47. The summed E-state index contributed by atoms with van der Waals surface area (Å²) in [5, 5.41) is 2.18. The minimum absolute atomic E-state index is 0.150. The zero-order valence-corrected chi connectivity index (χ0v) is 33.6. The average molecular weight is 768 g/mol. The van der Waals surface area contributed by atoms with Gasteiger partial charge in [-0.3, -0.25) is 0 Å². The van der Waals surface area contributed by atoms with E-state index in [0.717, 1.165) is 44.6 Å². The van der Waals surface area contributed by atoms with Gasteiger partial charge in [0.1, 0.15) is 11.2 Å². The van der Waals surface area contributed by atoms with Crippen LogP contribution in [0.4, 0.5) is 17.1 Å². The summed E-state index contributed by atoms with van der Waals surface area (Å²) in [6, 6.07) is 77.7. The Kier molecular flexibility index (Phi) is 7.52. The van der Waals surface area contributed by atoms with Crippen LogP contribution in [0.25, 0.3) is 55.3 Å². The highest BCUT2D eigenvalue weighted by molar-refractivity contribution is 6.15. The summed E-state index contributed by atoms with van der Waals surface area (Å²) in [6.45, 7) is 4.71. The lowest BCUT2D eigenvalue weighted by Crippen LogP contribution is -2.28. The fraction of sp³-hybridized carbons (Fsp3) is 0.0690. The van der Waals surface area contributed by atoms with Gasteiger partial charge in [-0.05, 0) is 97.6 Å². The smallest absolute Gasteiger partial charge is 0.140 e. The van der Waals surface area contributed by atoms with Gasteiger partial charge in [-0.25, -0.2) is 0 Å². The first-order valence-electron chi connectivity index (χ1n) is 20.9. The largest absolute Gasteiger partial charge is 0.456 e. The molecule has 0 aliphatic heterocycles. The molecular weight excluding hydrogens is 727 g/mol. The van der Waals surface area contributed by atoms with Crippen LogP contribution in [0, 0.1) is 0 Å². The molecule has 0 unspecified atom stereocenters. The number of furan rings is 1. The number of nitrogens with zero attached hydrogens (tertiary/aromatic N) is 1. The van der Waals surface area contributed by atoms with E-state index in [4.69, 9.17) is 4.42 Å². The molecule has 60 heavy (non-hydrogen) atoms. The van der Waals surface area contributed by atoms with Crippen molar-refractivity contribution in [2.75, 3.05) is 4.90 Å². The monoisotopic (exact) mass is 767 g/mol. The van der Waals surface area contributed by atoms with Crippen molar-refractivity contribution in [3.8, 4) is 33.4 Å². The molecule has 0 amide bonds. The third-order valence-electron chi connectivity index (χ3n) is 13.3. The summed E-state index contributed by atoms with van der Waals surface area (Å²) in [4.78, 5) is 2.45. The van der Waals surface area contributed by atoms with Gasteiger partial charge >= 0.3 is 0 Å². The quantitative estimate of drug-likeness (QED) is 0.168. The Hall–Kier alpha value is -7.42. The van der Waals surface area contributed by atoms with E-state index in [1.54, 1.807) is 0 Å². The van der Waals surface area contributed by atoms with Crippen LogP contribution >= 0.6 is 0 Å². The van der Waals surface area contributed by atoms with Gasteiger partial charge in [0.25, 0.3) is 0 Å². The summed E-state index contributed by atoms with van der Waals surface area (Å²) >= 11 is 0. The fourth-order valence-electron chi connectivity index (χ4n) is 10.7. The molecule has 2 nitrogen and oxygen atoms in total. The number of benzene rings is 9. The minimum Gasteiger partial charge on any atom is -0.456 e. The Morgan fingerprint density at radius 1 is 0.400 bits per heavy atom. The van der Waals surface area contributed by atoms with Gasteiger partial charge in [0, 0.05) is 27.7 Å². The van der Waals surface area contributed by atoms with Gasteiger partial charge in [-0.15, -0.1) is 0 Å². The first-order chi connectivity index (χ1) is 29.5. The van der Waals surface area contributed by atoms with Crippen LogP contribution in [0.1, 0.15) is 47.2 Å². The Balaban J connectivity index is 1.14. The first-order valence-corrected chi connectivity index (χ1v) is 20.9. The van der Waals surface area contributed by atoms with Gasteiger partial charge < -0.3 is 9.32 Å². The second kappa shape index (κ2) is 13.0. The van der Waals surface area contributed by atoms with Gasteiger partial charge in [0.2, 0.25) is 0 Å². The maximum Gasteiger partial charge on any atom is 0.140 e. The van der Waals surface area contributed by atoms with Crippen molar-refractivity contribution in [3.63, 3.8) is 0 Å². The number of rotatable bonds is 6. The Labute approximate surface area is 350 Å². The van der Waals surface area contributed by atoms with E-state index in [0.29, 0.717) is 0 Å². The molecule has 0 saturated heterocycles. The molecule has 2 aliphatic carbocycles. The van der Waals surface area contributed by atoms with Crippen LogP contribution in [0.15, 0.2) is 217 Å². The number of para-hydroxylation sites is 1. The fourth-order valence-corrected chi connectivity index (χ4v) is 10.7. The molecule has 12 rings (SSSR count). The molecule has 1 aromatic heterocycles. The topological polar surface area (TPSA) is 16.4 Å². The van der Waals surface area contributed by atoms with Crippen molar-refractivity contribution in [3.05, 3.63) is 246 Å². The highest BCUT2D eigenvalue weighted by Crippen LogP contribution is 2.58. The summed E-state index contributed by atoms with van der Waals surface area (Å²) in [6.07, 6.45) is 0. The van der Waals surface area contributed by atoms with E-state index in [1.807, 2.05) is 0 Å². The molecule has 0 saturated carbocycles. The predicted octanol–water partition coefficient (Wildman–Crippen LogP) is 15.4. The zero-order valence-electron chi connectivity index (χ0n) is 33.6.